The van der Waals surface area contributed by atoms with Crippen molar-refractivity contribution in [1.29, 1.82) is 5.26 Å². The quantitative estimate of drug-likeness (QED) is 0.788. The fourth-order valence-corrected chi connectivity index (χ4v) is 4.34. The smallest absolute Gasteiger partial charge is 0.355 e. The van der Waals surface area contributed by atoms with Crippen molar-refractivity contribution in [2.45, 2.75) is 26.4 Å². The lowest BCUT2D eigenvalue weighted by molar-refractivity contribution is -0.137. The molecule has 3 rings (SSSR count). The number of aromatic nitrogens is 1. The van der Waals surface area contributed by atoms with Gasteiger partial charge in [-0.3, -0.25) is 9.69 Å². The average molecular weight is 437 g/mol. The van der Waals surface area contributed by atoms with Gasteiger partial charge in [0, 0.05) is 37.3 Å². The zero-order valence-corrected chi connectivity index (χ0v) is 17.5. The minimum absolute atomic E-state index is 0.186. The Labute approximate surface area is 176 Å². The molecule has 0 spiro atoms. The van der Waals surface area contributed by atoms with Gasteiger partial charge in [-0.15, -0.1) is 11.3 Å². The van der Waals surface area contributed by atoms with E-state index in [1.165, 1.54) is 17.4 Å². The predicted molar refractivity (Wildman–Crippen MR) is 110 cm³/mol. The Hall–Kier alpha value is -2.64. The van der Waals surface area contributed by atoms with Crippen LogP contribution in [-0.2, 0) is 11.0 Å². The summed E-state index contributed by atoms with van der Waals surface area (Å²) in [6, 6.07) is 4.56. The largest absolute Gasteiger partial charge is 0.417 e. The number of hydrogen-bond donors (Lipinski definition) is 1. The van der Waals surface area contributed by atoms with Gasteiger partial charge in [-0.1, -0.05) is 0 Å². The highest BCUT2D eigenvalue weighted by Gasteiger charge is 2.31. The summed E-state index contributed by atoms with van der Waals surface area (Å²) in [7, 11) is 0. The lowest BCUT2D eigenvalue weighted by atomic mass is 10.2. The second-order valence-electron chi connectivity index (χ2n) is 7.17. The normalized spacial score (nSPS) is 15.5. The molecule has 2 aromatic heterocycles. The maximum atomic E-state index is 12.7. The van der Waals surface area contributed by atoms with Crippen molar-refractivity contribution in [2.24, 2.45) is 0 Å². The van der Waals surface area contributed by atoms with E-state index in [-0.39, 0.29) is 12.5 Å². The number of anilines is 2. The average Bonchev–Trinajstić information content (AvgIpc) is 2.85. The Morgan fingerprint density at radius 3 is 2.67 bits per heavy atom. The second kappa shape index (κ2) is 9.02. The number of thiophene rings is 1. The zero-order chi connectivity index (χ0) is 21.9. The van der Waals surface area contributed by atoms with E-state index < -0.39 is 11.7 Å². The van der Waals surface area contributed by atoms with Crippen molar-refractivity contribution in [3.8, 4) is 6.07 Å². The van der Waals surface area contributed by atoms with Crippen LogP contribution in [0.1, 0.15) is 28.0 Å². The molecule has 10 heteroatoms. The van der Waals surface area contributed by atoms with Gasteiger partial charge in [0.1, 0.15) is 16.9 Å². The molecule has 0 aromatic carbocycles. The van der Waals surface area contributed by atoms with E-state index in [4.69, 9.17) is 0 Å². The monoisotopic (exact) mass is 437 g/mol. The van der Waals surface area contributed by atoms with Gasteiger partial charge in [-0.2, -0.15) is 18.4 Å². The first-order valence-electron chi connectivity index (χ1n) is 9.49. The van der Waals surface area contributed by atoms with Crippen LogP contribution in [0.3, 0.4) is 0 Å². The summed E-state index contributed by atoms with van der Waals surface area (Å²) in [5, 5.41) is 12.7. The zero-order valence-electron chi connectivity index (χ0n) is 16.7. The van der Waals surface area contributed by atoms with E-state index in [9.17, 15) is 23.2 Å². The molecule has 1 amide bonds. The number of carbonyl (C=O) groups excluding carboxylic acids is 1. The Morgan fingerprint density at radius 1 is 1.27 bits per heavy atom. The lowest BCUT2D eigenvalue weighted by Gasteiger charge is -2.22. The summed E-state index contributed by atoms with van der Waals surface area (Å²) in [4.78, 5) is 21.4. The highest BCUT2D eigenvalue weighted by molar-refractivity contribution is 7.16. The van der Waals surface area contributed by atoms with Crippen molar-refractivity contribution in [3.63, 3.8) is 0 Å². The number of amides is 1. The molecule has 1 N–H and O–H groups in total. The Kier molecular flexibility index (Phi) is 6.63. The van der Waals surface area contributed by atoms with Crippen LogP contribution in [0.15, 0.2) is 18.3 Å². The lowest BCUT2D eigenvalue weighted by Crippen LogP contribution is -2.36. The molecule has 3 heterocycles. The van der Waals surface area contributed by atoms with Crippen LogP contribution in [0.4, 0.5) is 24.0 Å². The minimum atomic E-state index is -4.40. The number of nitrogens with one attached hydrogen (secondary N) is 1. The third-order valence-corrected chi connectivity index (χ3v) is 6.23. The summed E-state index contributed by atoms with van der Waals surface area (Å²) in [6.45, 7) is 6.45. The summed E-state index contributed by atoms with van der Waals surface area (Å²) in [6.07, 6.45) is -2.79. The van der Waals surface area contributed by atoms with Gasteiger partial charge < -0.3 is 10.2 Å². The topological polar surface area (TPSA) is 72.3 Å². The molecule has 1 aliphatic heterocycles. The molecule has 0 atom stereocenters. The molecule has 0 aliphatic carbocycles. The summed E-state index contributed by atoms with van der Waals surface area (Å²) >= 11 is 1.39. The maximum absolute atomic E-state index is 12.7. The molecule has 1 fully saturated rings. The van der Waals surface area contributed by atoms with Crippen LogP contribution in [0.25, 0.3) is 0 Å². The van der Waals surface area contributed by atoms with Crippen LogP contribution in [0.2, 0.25) is 0 Å². The van der Waals surface area contributed by atoms with Crippen LogP contribution in [0, 0.1) is 25.2 Å². The van der Waals surface area contributed by atoms with E-state index in [0.717, 1.165) is 29.1 Å². The number of pyridine rings is 1. The number of nitriles is 1. The Morgan fingerprint density at radius 2 is 2.03 bits per heavy atom. The third kappa shape index (κ3) is 5.09. The van der Waals surface area contributed by atoms with Crippen LogP contribution >= 0.6 is 11.3 Å². The van der Waals surface area contributed by atoms with Gasteiger partial charge in [0.05, 0.1) is 17.7 Å². The van der Waals surface area contributed by atoms with Gasteiger partial charge >= 0.3 is 6.18 Å². The summed E-state index contributed by atoms with van der Waals surface area (Å²) in [5.74, 6) is 0.311. The molecule has 6 nitrogen and oxygen atoms in total. The molecular weight excluding hydrogens is 415 g/mol. The van der Waals surface area contributed by atoms with E-state index in [1.54, 1.807) is 0 Å². The van der Waals surface area contributed by atoms with Crippen molar-refractivity contribution in [2.75, 3.05) is 42.9 Å². The molecular formula is C20H22F3N5OS. The van der Waals surface area contributed by atoms with Gasteiger partial charge in [0.2, 0.25) is 5.91 Å². The molecule has 0 unspecified atom stereocenters. The van der Waals surface area contributed by atoms with E-state index in [2.05, 4.69) is 16.4 Å². The number of carbonyl (C=O) groups is 1. The van der Waals surface area contributed by atoms with Gasteiger partial charge in [-0.25, -0.2) is 4.98 Å². The number of nitrogens with zero attached hydrogens (tertiary/aromatic N) is 4. The van der Waals surface area contributed by atoms with E-state index in [1.807, 2.05) is 23.6 Å². The molecule has 1 aliphatic rings. The summed E-state index contributed by atoms with van der Waals surface area (Å²) in [5.41, 5.74) is 0.615. The Bertz CT molecular complexity index is 949. The molecule has 160 valence electrons. The number of halogens is 3. The van der Waals surface area contributed by atoms with Crippen molar-refractivity contribution < 1.29 is 18.0 Å². The highest BCUT2D eigenvalue weighted by atomic mass is 32.1. The van der Waals surface area contributed by atoms with Crippen molar-refractivity contribution in [3.05, 3.63) is 39.9 Å². The van der Waals surface area contributed by atoms with Crippen LogP contribution in [0.5, 0.6) is 0 Å². The maximum Gasteiger partial charge on any atom is 0.417 e. The van der Waals surface area contributed by atoms with Gasteiger partial charge in [0.25, 0.3) is 0 Å². The molecule has 0 bridgehead atoms. The van der Waals surface area contributed by atoms with Crippen molar-refractivity contribution >= 4 is 28.1 Å². The van der Waals surface area contributed by atoms with Gasteiger partial charge in [-0.05, 0) is 38.0 Å². The first-order valence-corrected chi connectivity index (χ1v) is 10.3. The molecule has 2 aromatic rings. The van der Waals surface area contributed by atoms with Crippen LogP contribution < -0.4 is 10.2 Å². The first kappa shape index (κ1) is 22.1. The molecule has 1 saturated heterocycles. The van der Waals surface area contributed by atoms with Crippen LogP contribution in [-0.4, -0.2) is 48.5 Å². The van der Waals surface area contributed by atoms with E-state index in [0.29, 0.717) is 42.6 Å². The number of rotatable bonds is 4. The SMILES string of the molecule is Cc1sc(NC(=O)CN2CCCN(c3ccc(C(F)(F)F)cn3)CC2)c(C#N)c1C. The predicted octanol–water partition coefficient (Wildman–Crippen LogP) is 3.80. The highest BCUT2D eigenvalue weighted by Crippen LogP contribution is 2.32. The molecule has 0 radical (unpaired) electrons. The van der Waals surface area contributed by atoms with E-state index >= 15 is 0 Å². The fourth-order valence-electron chi connectivity index (χ4n) is 3.32. The van der Waals surface area contributed by atoms with Crippen molar-refractivity contribution in [1.82, 2.24) is 9.88 Å². The second-order valence-corrected chi connectivity index (χ2v) is 8.39. The minimum Gasteiger partial charge on any atom is -0.355 e. The van der Waals surface area contributed by atoms with Gasteiger partial charge in [0.15, 0.2) is 0 Å². The fraction of sp³-hybridized carbons (Fsp3) is 0.450. The molecule has 0 saturated carbocycles. The molecule has 30 heavy (non-hydrogen) atoms. The number of alkyl halides is 3. The first-order chi connectivity index (χ1) is 14.2. The number of hydrogen-bond acceptors (Lipinski definition) is 6. The summed E-state index contributed by atoms with van der Waals surface area (Å²) < 4.78 is 38.1. The Balaban J connectivity index is 1.57. The standard InChI is InChI=1S/C20H22F3N5OS/c1-13-14(2)30-19(16(13)10-24)26-18(29)12-27-6-3-7-28(9-8-27)17-5-4-15(11-25-17)20(21,22)23/h4-5,11H,3,6-9,12H2,1-2H3,(H,26,29). The number of aryl methyl sites for hydroxylation is 1. The third-order valence-electron chi connectivity index (χ3n) is 5.10.